The number of benzene rings is 1. The van der Waals surface area contributed by atoms with Gasteiger partial charge in [0.25, 0.3) is 0 Å². The summed E-state index contributed by atoms with van der Waals surface area (Å²) in [6, 6.07) is 8.63. The summed E-state index contributed by atoms with van der Waals surface area (Å²) in [5.41, 5.74) is 7.51. The Morgan fingerprint density at radius 1 is 1.42 bits per heavy atom. The van der Waals surface area contributed by atoms with Gasteiger partial charge in [-0.25, -0.2) is 4.99 Å². The molecule has 0 bridgehead atoms. The van der Waals surface area contributed by atoms with Gasteiger partial charge >= 0.3 is 0 Å². The van der Waals surface area contributed by atoms with Crippen molar-refractivity contribution in [2.24, 2.45) is 16.1 Å². The van der Waals surface area contributed by atoms with Crippen LogP contribution >= 0.6 is 0 Å². The molecule has 2 aliphatic rings. The van der Waals surface area contributed by atoms with E-state index in [4.69, 9.17) is 10.5 Å². The van der Waals surface area contributed by atoms with Gasteiger partial charge in [-0.15, -0.1) is 0 Å². The topological polar surface area (TPSA) is 59.6 Å². The minimum absolute atomic E-state index is 0.110. The molecule has 0 amide bonds. The Balaban J connectivity index is 1.73. The van der Waals surface area contributed by atoms with Gasteiger partial charge in [0.2, 0.25) is 0 Å². The van der Waals surface area contributed by atoms with Crippen LogP contribution in [0.5, 0.6) is 5.75 Å². The monoisotopic (exact) mass is 259 g/mol. The molecule has 1 aromatic rings. The fourth-order valence-electron chi connectivity index (χ4n) is 2.55. The number of hydrogen-bond acceptors (Lipinski definition) is 2. The summed E-state index contributed by atoms with van der Waals surface area (Å²) < 4.78 is 5.63. The maximum atomic E-state index is 6.02. The lowest BCUT2D eigenvalue weighted by Crippen LogP contribution is -2.36. The molecule has 19 heavy (non-hydrogen) atoms. The molecule has 2 atom stereocenters. The van der Waals surface area contributed by atoms with Crippen LogP contribution in [0, 0.1) is 5.41 Å². The van der Waals surface area contributed by atoms with E-state index in [1.165, 1.54) is 0 Å². The highest BCUT2D eigenvalue weighted by molar-refractivity contribution is 5.79. The van der Waals surface area contributed by atoms with Crippen molar-refractivity contribution in [1.82, 2.24) is 5.32 Å². The number of nitrogens with zero attached hydrogens (tertiary/aromatic N) is 1. The van der Waals surface area contributed by atoms with Crippen molar-refractivity contribution in [3.05, 3.63) is 29.8 Å². The second kappa shape index (κ2) is 4.44. The Kier molecular flexibility index (Phi) is 2.88. The molecule has 1 aliphatic carbocycles. The van der Waals surface area contributed by atoms with Crippen LogP contribution < -0.4 is 15.8 Å². The lowest BCUT2D eigenvalue weighted by atomic mass is 10.0. The number of guanidine groups is 1. The molecule has 0 aromatic heterocycles. The van der Waals surface area contributed by atoms with Crippen LogP contribution in [0.3, 0.4) is 0 Å². The molecule has 0 spiro atoms. The van der Waals surface area contributed by atoms with Gasteiger partial charge in [-0.2, -0.15) is 0 Å². The summed E-state index contributed by atoms with van der Waals surface area (Å²) in [7, 11) is 0. The van der Waals surface area contributed by atoms with Crippen molar-refractivity contribution in [3.8, 4) is 5.75 Å². The van der Waals surface area contributed by atoms with E-state index in [0.717, 1.165) is 24.2 Å². The number of ether oxygens (including phenoxy) is 1. The van der Waals surface area contributed by atoms with Gasteiger partial charge in [0.05, 0.1) is 12.6 Å². The molecule has 4 nitrogen and oxygen atoms in total. The average Bonchev–Trinajstić information content (AvgIpc) is 2.96. The molecule has 1 heterocycles. The number of hydrogen-bond donors (Lipinski definition) is 2. The van der Waals surface area contributed by atoms with E-state index < -0.39 is 0 Å². The summed E-state index contributed by atoms with van der Waals surface area (Å²) in [5.74, 6) is 1.49. The predicted octanol–water partition coefficient (Wildman–Crippen LogP) is 2.21. The molecular formula is C15H21N3O. The van der Waals surface area contributed by atoms with Crippen molar-refractivity contribution in [3.63, 3.8) is 0 Å². The van der Waals surface area contributed by atoms with Crippen LogP contribution in [-0.2, 0) is 0 Å². The van der Waals surface area contributed by atoms with E-state index in [-0.39, 0.29) is 6.04 Å². The highest BCUT2D eigenvalue weighted by Gasteiger charge is 2.46. The van der Waals surface area contributed by atoms with Crippen LogP contribution in [0.15, 0.2) is 29.3 Å². The Morgan fingerprint density at radius 3 is 2.89 bits per heavy atom. The highest BCUT2D eigenvalue weighted by Crippen LogP contribution is 2.44. The molecule has 1 fully saturated rings. The quantitative estimate of drug-likeness (QED) is 0.632. The first kappa shape index (κ1) is 12.3. The maximum Gasteiger partial charge on any atom is 0.189 e. The summed E-state index contributed by atoms with van der Waals surface area (Å²) in [6.45, 7) is 5.18. The van der Waals surface area contributed by atoms with Crippen LogP contribution in [0.4, 0.5) is 0 Å². The second-order valence-corrected chi connectivity index (χ2v) is 6.09. The van der Waals surface area contributed by atoms with Crippen molar-refractivity contribution < 1.29 is 4.74 Å². The van der Waals surface area contributed by atoms with Gasteiger partial charge in [-0.1, -0.05) is 32.0 Å². The van der Waals surface area contributed by atoms with Crippen LogP contribution in [-0.4, -0.2) is 18.6 Å². The minimum atomic E-state index is 0.110. The molecule has 3 N–H and O–H groups in total. The van der Waals surface area contributed by atoms with Gasteiger partial charge in [-0.05, 0) is 17.9 Å². The summed E-state index contributed by atoms with van der Waals surface area (Å²) >= 11 is 0. The zero-order valence-corrected chi connectivity index (χ0v) is 11.5. The fraction of sp³-hybridized carbons (Fsp3) is 0.533. The summed E-state index contributed by atoms with van der Waals surface area (Å²) in [6.07, 6.45) is 2.04. The zero-order chi connectivity index (χ0) is 13.5. The van der Waals surface area contributed by atoms with E-state index in [9.17, 15) is 0 Å². The normalized spacial score (nSPS) is 28.2. The third kappa shape index (κ3) is 2.53. The van der Waals surface area contributed by atoms with Gasteiger partial charge in [0, 0.05) is 18.0 Å². The van der Waals surface area contributed by atoms with Gasteiger partial charge < -0.3 is 15.8 Å². The van der Waals surface area contributed by atoms with E-state index in [0.29, 0.717) is 24.0 Å². The number of aliphatic imine (C=N–C) groups is 1. The summed E-state index contributed by atoms with van der Waals surface area (Å²) in [4.78, 5) is 4.63. The fourth-order valence-corrected chi connectivity index (χ4v) is 2.55. The van der Waals surface area contributed by atoms with E-state index in [1.807, 2.05) is 18.2 Å². The largest absolute Gasteiger partial charge is 0.493 e. The molecule has 1 aromatic carbocycles. The smallest absolute Gasteiger partial charge is 0.189 e. The number of para-hydroxylation sites is 1. The predicted molar refractivity (Wildman–Crippen MR) is 76.2 cm³/mol. The first-order chi connectivity index (χ1) is 9.06. The van der Waals surface area contributed by atoms with Crippen molar-refractivity contribution in [2.75, 3.05) is 6.61 Å². The molecule has 1 aliphatic heterocycles. The summed E-state index contributed by atoms with van der Waals surface area (Å²) in [5, 5.41) is 3.31. The van der Waals surface area contributed by atoms with Gasteiger partial charge in [0.1, 0.15) is 5.75 Å². The second-order valence-electron chi connectivity index (χ2n) is 6.09. The van der Waals surface area contributed by atoms with E-state index >= 15 is 0 Å². The van der Waals surface area contributed by atoms with Crippen LogP contribution in [0.1, 0.15) is 38.3 Å². The van der Waals surface area contributed by atoms with Gasteiger partial charge in [0.15, 0.2) is 5.96 Å². The SMILES string of the molecule is CC1(C)CC1NC(N)=NC1CCOc2ccccc21. The lowest BCUT2D eigenvalue weighted by molar-refractivity contribution is 0.269. The Hall–Kier alpha value is -1.71. The lowest BCUT2D eigenvalue weighted by Gasteiger charge is -2.23. The number of nitrogens with two attached hydrogens (primary N) is 1. The molecular weight excluding hydrogens is 238 g/mol. The Labute approximate surface area is 114 Å². The van der Waals surface area contributed by atoms with Crippen molar-refractivity contribution in [2.45, 2.75) is 38.8 Å². The molecule has 0 saturated heterocycles. The van der Waals surface area contributed by atoms with Crippen molar-refractivity contribution in [1.29, 1.82) is 0 Å². The zero-order valence-electron chi connectivity index (χ0n) is 11.5. The van der Waals surface area contributed by atoms with E-state index in [1.54, 1.807) is 0 Å². The molecule has 4 heteroatoms. The maximum absolute atomic E-state index is 6.02. The first-order valence-electron chi connectivity index (χ1n) is 6.88. The molecule has 102 valence electrons. The molecule has 1 saturated carbocycles. The average molecular weight is 259 g/mol. The van der Waals surface area contributed by atoms with E-state index in [2.05, 4.69) is 30.2 Å². The number of fused-ring (bicyclic) bond motifs is 1. The third-order valence-electron chi connectivity index (χ3n) is 4.06. The Morgan fingerprint density at radius 2 is 2.16 bits per heavy atom. The molecule has 2 unspecified atom stereocenters. The standard InChI is InChI=1S/C15H21N3O/c1-15(2)9-13(15)18-14(16)17-11-7-8-19-12-6-4-3-5-10(11)12/h3-6,11,13H,7-9H2,1-2H3,(H3,16,17,18). The molecule has 0 radical (unpaired) electrons. The minimum Gasteiger partial charge on any atom is -0.493 e. The Bertz CT molecular complexity index is 510. The molecule has 3 rings (SSSR count). The van der Waals surface area contributed by atoms with Crippen LogP contribution in [0.2, 0.25) is 0 Å². The first-order valence-corrected chi connectivity index (χ1v) is 6.88. The number of nitrogens with one attached hydrogen (secondary N) is 1. The van der Waals surface area contributed by atoms with Crippen LogP contribution in [0.25, 0.3) is 0 Å². The number of rotatable bonds is 2. The highest BCUT2D eigenvalue weighted by atomic mass is 16.5. The van der Waals surface area contributed by atoms with Gasteiger partial charge in [-0.3, -0.25) is 0 Å². The third-order valence-corrected chi connectivity index (χ3v) is 4.06. The van der Waals surface area contributed by atoms with Crippen molar-refractivity contribution >= 4 is 5.96 Å².